The average Bonchev–Trinajstić information content (AvgIpc) is 3.13. The molecule has 4 heteroatoms. The van der Waals surface area contributed by atoms with E-state index >= 15 is 0 Å². The Kier molecular flexibility index (Phi) is 4.16. The van der Waals surface area contributed by atoms with E-state index in [4.69, 9.17) is 5.10 Å². The maximum Gasteiger partial charge on any atom is 0.148 e. The highest BCUT2D eigenvalue weighted by Crippen LogP contribution is 2.24. The number of benzene rings is 3. The first kappa shape index (κ1) is 15.0. The van der Waals surface area contributed by atoms with Crippen LogP contribution in [0, 0.1) is 0 Å². The molecule has 0 spiro atoms. The topological polar surface area (TPSA) is 41.9 Å². The maximum atomic E-state index is 4.78. The van der Waals surface area contributed by atoms with Crippen LogP contribution >= 0.6 is 0 Å². The summed E-state index contributed by atoms with van der Waals surface area (Å²) >= 11 is 0. The number of hydrazine groups is 1. The van der Waals surface area contributed by atoms with E-state index < -0.39 is 0 Å². The van der Waals surface area contributed by atoms with Gasteiger partial charge in [-0.2, -0.15) is 5.10 Å². The van der Waals surface area contributed by atoms with Crippen molar-refractivity contribution in [2.24, 2.45) is 0 Å². The molecule has 4 nitrogen and oxygen atoms in total. The molecule has 0 atom stereocenters. The van der Waals surface area contributed by atoms with Gasteiger partial charge in [-0.05, 0) is 24.3 Å². The summed E-state index contributed by atoms with van der Waals surface area (Å²) in [6.07, 6.45) is 0. The van der Waals surface area contributed by atoms with Gasteiger partial charge in [0.25, 0.3) is 0 Å². The first-order chi connectivity index (χ1) is 12.4. The third-order valence-electron chi connectivity index (χ3n) is 3.89. The van der Waals surface area contributed by atoms with Crippen LogP contribution in [0.4, 0.5) is 11.5 Å². The molecule has 3 aromatic carbocycles. The van der Waals surface area contributed by atoms with E-state index in [1.54, 1.807) is 0 Å². The summed E-state index contributed by atoms with van der Waals surface area (Å²) in [6, 6.07) is 32.3. The van der Waals surface area contributed by atoms with Gasteiger partial charge in [0.1, 0.15) is 5.82 Å². The molecular weight excluding hydrogens is 308 g/mol. The number of aromatic nitrogens is 2. The summed E-state index contributed by atoms with van der Waals surface area (Å²) in [5.74, 6) is 0.869. The van der Waals surface area contributed by atoms with Crippen molar-refractivity contribution in [1.29, 1.82) is 0 Å². The van der Waals surface area contributed by atoms with Crippen molar-refractivity contribution in [3.05, 3.63) is 97.1 Å². The Morgan fingerprint density at radius 3 is 1.92 bits per heavy atom. The van der Waals surface area contributed by atoms with Crippen molar-refractivity contribution >= 4 is 11.5 Å². The van der Waals surface area contributed by atoms with Gasteiger partial charge < -0.3 is 0 Å². The Bertz CT molecular complexity index is 932. The number of rotatable bonds is 5. The second-order valence-electron chi connectivity index (χ2n) is 5.64. The Balaban J connectivity index is 1.69. The molecular formula is C21H18N4. The highest BCUT2D eigenvalue weighted by molar-refractivity contribution is 5.65. The van der Waals surface area contributed by atoms with Crippen LogP contribution in [0.1, 0.15) is 0 Å². The van der Waals surface area contributed by atoms with Gasteiger partial charge >= 0.3 is 0 Å². The molecule has 0 fully saturated rings. The van der Waals surface area contributed by atoms with Crippen LogP contribution in [-0.4, -0.2) is 9.78 Å². The fourth-order valence-electron chi connectivity index (χ4n) is 2.64. The average molecular weight is 326 g/mol. The van der Waals surface area contributed by atoms with Gasteiger partial charge in [-0.25, -0.2) is 4.68 Å². The third kappa shape index (κ3) is 3.38. The van der Waals surface area contributed by atoms with E-state index in [0.29, 0.717) is 0 Å². The second-order valence-corrected chi connectivity index (χ2v) is 5.64. The summed E-state index contributed by atoms with van der Waals surface area (Å²) in [5.41, 5.74) is 10.5. The van der Waals surface area contributed by atoms with Gasteiger partial charge in [-0.15, -0.1) is 0 Å². The molecule has 4 aromatic rings. The Morgan fingerprint density at radius 2 is 1.24 bits per heavy atom. The van der Waals surface area contributed by atoms with Gasteiger partial charge in [-0.1, -0.05) is 66.7 Å². The first-order valence-corrected chi connectivity index (χ1v) is 8.18. The molecule has 0 aliphatic carbocycles. The molecule has 0 saturated carbocycles. The molecule has 0 unspecified atom stereocenters. The molecule has 25 heavy (non-hydrogen) atoms. The van der Waals surface area contributed by atoms with Gasteiger partial charge in [-0.3, -0.25) is 10.9 Å². The van der Waals surface area contributed by atoms with E-state index in [-0.39, 0.29) is 0 Å². The van der Waals surface area contributed by atoms with Crippen LogP contribution in [0.25, 0.3) is 16.9 Å². The normalized spacial score (nSPS) is 10.4. The van der Waals surface area contributed by atoms with Crippen molar-refractivity contribution in [3.63, 3.8) is 0 Å². The van der Waals surface area contributed by atoms with Gasteiger partial charge in [0.2, 0.25) is 0 Å². The fourth-order valence-corrected chi connectivity index (χ4v) is 2.64. The second kappa shape index (κ2) is 6.93. The van der Waals surface area contributed by atoms with Crippen molar-refractivity contribution in [3.8, 4) is 16.9 Å². The minimum Gasteiger partial charge on any atom is -0.300 e. The van der Waals surface area contributed by atoms with Crippen LogP contribution in [0.15, 0.2) is 97.1 Å². The molecule has 0 bridgehead atoms. The summed E-state index contributed by atoms with van der Waals surface area (Å²) in [7, 11) is 0. The predicted molar refractivity (Wildman–Crippen MR) is 103 cm³/mol. The standard InChI is InChI=1S/C21H18N4/c1-4-10-17(11-5-1)20-16-21(23-22-18-12-6-2-7-13-18)25(24-20)19-14-8-3-9-15-19/h1-16,22-23H. The Hall–Kier alpha value is -3.53. The van der Waals surface area contributed by atoms with E-state index in [9.17, 15) is 0 Å². The van der Waals surface area contributed by atoms with Crippen molar-refractivity contribution < 1.29 is 0 Å². The van der Waals surface area contributed by atoms with E-state index in [2.05, 4.69) is 23.0 Å². The number of nitrogens with one attached hydrogen (secondary N) is 2. The van der Waals surface area contributed by atoms with Crippen molar-refractivity contribution in [2.45, 2.75) is 0 Å². The number of para-hydroxylation sites is 2. The molecule has 4 rings (SSSR count). The number of anilines is 2. The van der Waals surface area contributed by atoms with Gasteiger partial charge in [0, 0.05) is 11.6 Å². The van der Waals surface area contributed by atoms with E-state index in [0.717, 1.165) is 28.5 Å². The van der Waals surface area contributed by atoms with Gasteiger partial charge in [0.15, 0.2) is 0 Å². The summed E-state index contributed by atoms with van der Waals surface area (Å²) in [4.78, 5) is 0. The molecule has 1 heterocycles. The molecule has 0 saturated heterocycles. The lowest BCUT2D eigenvalue weighted by molar-refractivity contribution is 0.888. The highest BCUT2D eigenvalue weighted by atomic mass is 15.4. The minimum absolute atomic E-state index is 0.869. The first-order valence-electron chi connectivity index (χ1n) is 8.18. The zero-order valence-corrected chi connectivity index (χ0v) is 13.6. The molecule has 0 radical (unpaired) electrons. The fraction of sp³-hybridized carbons (Fsp3) is 0. The molecule has 1 aromatic heterocycles. The zero-order chi connectivity index (χ0) is 16.9. The molecule has 0 aliphatic rings. The lowest BCUT2D eigenvalue weighted by Gasteiger charge is -2.11. The minimum atomic E-state index is 0.869. The summed E-state index contributed by atoms with van der Waals surface area (Å²) in [6.45, 7) is 0. The number of hydrogen-bond donors (Lipinski definition) is 2. The Labute approximate surface area is 146 Å². The molecule has 0 amide bonds. The monoisotopic (exact) mass is 326 g/mol. The van der Waals surface area contributed by atoms with Crippen molar-refractivity contribution in [2.75, 3.05) is 10.9 Å². The van der Waals surface area contributed by atoms with Crippen LogP contribution < -0.4 is 10.9 Å². The summed E-state index contributed by atoms with van der Waals surface area (Å²) in [5, 5.41) is 4.78. The molecule has 2 N–H and O–H groups in total. The van der Waals surface area contributed by atoms with E-state index in [1.165, 1.54) is 0 Å². The number of nitrogens with zero attached hydrogens (tertiary/aromatic N) is 2. The number of hydrogen-bond acceptors (Lipinski definition) is 3. The largest absolute Gasteiger partial charge is 0.300 e. The quantitative estimate of drug-likeness (QED) is 0.508. The van der Waals surface area contributed by atoms with Crippen LogP contribution in [0.3, 0.4) is 0 Å². The summed E-state index contributed by atoms with van der Waals surface area (Å²) < 4.78 is 1.90. The van der Waals surface area contributed by atoms with Crippen LogP contribution in [0.5, 0.6) is 0 Å². The highest BCUT2D eigenvalue weighted by Gasteiger charge is 2.10. The predicted octanol–water partition coefficient (Wildman–Crippen LogP) is 4.98. The maximum absolute atomic E-state index is 4.78. The lowest BCUT2D eigenvalue weighted by atomic mass is 10.2. The lowest BCUT2D eigenvalue weighted by Crippen LogP contribution is -2.12. The van der Waals surface area contributed by atoms with E-state index in [1.807, 2.05) is 89.6 Å². The molecule has 0 aliphatic heterocycles. The SMILES string of the molecule is c1ccc(NNc2cc(-c3ccccc3)nn2-c2ccccc2)cc1. The van der Waals surface area contributed by atoms with Crippen LogP contribution in [-0.2, 0) is 0 Å². The molecule has 122 valence electrons. The zero-order valence-electron chi connectivity index (χ0n) is 13.6. The van der Waals surface area contributed by atoms with Gasteiger partial charge in [0.05, 0.1) is 17.1 Å². The smallest absolute Gasteiger partial charge is 0.148 e. The Morgan fingerprint density at radius 1 is 0.640 bits per heavy atom. The third-order valence-corrected chi connectivity index (χ3v) is 3.89. The van der Waals surface area contributed by atoms with Crippen LogP contribution in [0.2, 0.25) is 0 Å². The van der Waals surface area contributed by atoms with Crippen molar-refractivity contribution in [1.82, 2.24) is 9.78 Å².